The van der Waals surface area contributed by atoms with Crippen molar-refractivity contribution in [3.05, 3.63) is 122 Å². The van der Waals surface area contributed by atoms with Crippen molar-refractivity contribution in [1.29, 1.82) is 0 Å². The number of unbranched alkanes of at least 4 members (excludes halogenated alkanes) is 26. The molecule has 0 fully saturated rings. The summed E-state index contributed by atoms with van der Waals surface area (Å²) >= 11 is 0. The van der Waals surface area contributed by atoms with Crippen LogP contribution in [-0.2, 0) is 28.6 Å². The van der Waals surface area contributed by atoms with Crippen LogP contribution in [0.3, 0.4) is 0 Å². The van der Waals surface area contributed by atoms with E-state index in [-0.39, 0.29) is 37.5 Å². The van der Waals surface area contributed by atoms with Crippen molar-refractivity contribution in [2.45, 2.75) is 297 Å². The smallest absolute Gasteiger partial charge is 0.306 e. The van der Waals surface area contributed by atoms with E-state index in [1.807, 2.05) is 6.08 Å². The second-order valence-electron chi connectivity index (χ2n) is 20.9. The first kappa shape index (κ1) is 72.8. The zero-order valence-corrected chi connectivity index (χ0v) is 50.2. The monoisotopic (exact) mass is 1070 g/mol. The minimum Gasteiger partial charge on any atom is -0.462 e. The maximum atomic E-state index is 12.9. The number of rotatable bonds is 57. The average Bonchev–Trinajstić information content (AvgIpc) is 3.43. The first-order valence-electron chi connectivity index (χ1n) is 32.0. The normalized spacial score (nSPS) is 12.9. The molecule has 0 saturated heterocycles. The molecule has 0 saturated carbocycles. The Kier molecular flexibility index (Phi) is 60.8. The topological polar surface area (TPSA) is 78.9 Å². The lowest BCUT2D eigenvalue weighted by atomic mass is 10.0. The summed E-state index contributed by atoms with van der Waals surface area (Å²) in [6.45, 7) is 6.36. The van der Waals surface area contributed by atoms with E-state index >= 15 is 0 Å². The molecule has 0 spiro atoms. The molecule has 6 heteroatoms. The summed E-state index contributed by atoms with van der Waals surface area (Å²) in [6.07, 6.45) is 89.4. The highest BCUT2D eigenvalue weighted by molar-refractivity contribution is 5.71. The molecule has 0 aromatic heterocycles. The number of ether oxygens (including phenoxy) is 3. The Morgan fingerprint density at radius 1 is 0.273 bits per heavy atom. The fourth-order valence-electron chi connectivity index (χ4n) is 8.76. The van der Waals surface area contributed by atoms with Gasteiger partial charge in [0, 0.05) is 19.3 Å². The van der Waals surface area contributed by atoms with Crippen LogP contribution in [0.1, 0.15) is 290 Å². The van der Waals surface area contributed by atoms with E-state index in [0.717, 1.165) is 116 Å². The Morgan fingerprint density at radius 3 is 0.870 bits per heavy atom. The molecular weight excluding hydrogens is 949 g/mol. The molecule has 438 valence electrons. The van der Waals surface area contributed by atoms with Gasteiger partial charge in [-0.2, -0.15) is 0 Å². The lowest BCUT2D eigenvalue weighted by Crippen LogP contribution is -2.30. The van der Waals surface area contributed by atoms with Crippen molar-refractivity contribution < 1.29 is 28.6 Å². The third kappa shape index (κ3) is 62.5. The zero-order chi connectivity index (χ0) is 55.7. The molecule has 1 atom stereocenters. The Hall–Kier alpha value is -4.19. The molecule has 0 aromatic carbocycles. The maximum absolute atomic E-state index is 12.9. The quantitative estimate of drug-likeness (QED) is 0.0261. The molecule has 0 radical (unpaired) electrons. The van der Waals surface area contributed by atoms with Gasteiger partial charge in [-0.25, -0.2) is 0 Å². The second kappa shape index (κ2) is 64.3. The Bertz CT molecular complexity index is 1600. The molecule has 0 aliphatic rings. The number of esters is 3. The lowest BCUT2D eigenvalue weighted by molar-refractivity contribution is -0.166. The van der Waals surface area contributed by atoms with Crippen molar-refractivity contribution in [3.8, 4) is 0 Å². The SMILES string of the molecule is CC/C=C\C/C=C\C/C=C\C/C=C\C/C=C\C/C=C\CCCCCCCCC(=O)OCC(COC(=O)CC/C=C\C/C=C\C/C=C\C/C=C\CC)OC(=O)CCCCCCCCCCCCCCCCCCCCCCC. The Labute approximate surface area is 475 Å². The number of hydrogen-bond donors (Lipinski definition) is 0. The number of carbonyl (C=O) groups excluding carboxylic acids is 3. The summed E-state index contributed by atoms with van der Waals surface area (Å²) in [7, 11) is 0. The summed E-state index contributed by atoms with van der Waals surface area (Å²) in [6, 6.07) is 0. The van der Waals surface area contributed by atoms with Crippen LogP contribution >= 0.6 is 0 Å². The lowest BCUT2D eigenvalue weighted by Gasteiger charge is -2.18. The Morgan fingerprint density at radius 2 is 0.532 bits per heavy atom. The molecule has 0 heterocycles. The van der Waals surface area contributed by atoms with Crippen molar-refractivity contribution in [1.82, 2.24) is 0 Å². The van der Waals surface area contributed by atoms with E-state index in [1.54, 1.807) is 0 Å². The predicted octanol–water partition coefficient (Wildman–Crippen LogP) is 22.0. The fraction of sp³-hybridized carbons (Fsp3) is 0.676. The highest BCUT2D eigenvalue weighted by Gasteiger charge is 2.19. The van der Waals surface area contributed by atoms with Gasteiger partial charge in [-0.05, 0) is 96.3 Å². The molecule has 0 aromatic rings. The molecule has 6 nitrogen and oxygen atoms in total. The van der Waals surface area contributed by atoms with Gasteiger partial charge in [-0.3, -0.25) is 14.4 Å². The Balaban J connectivity index is 4.40. The van der Waals surface area contributed by atoms with Gasteiger partial charge in [-0.15, -0.1) is 0 Å². The van der Waals surface area contributed by atoms with E-state index < -0.39 is 6.10 Å². The maximum Gasteiger partial charge on any atom is 0.306 e. The summed E-state index contributed by atoms with van der Waals surface area (Å²) < 4.78 is 16.8. The van der Waals surface area contributed by atoms with Crippen molar-refractivity contribution in [3.63, 3.8) is 0 Å². The van der Waals surface area contributed by atoms with Crippen molar-refractivity contribution in [2.24, 2.45) is 0 Å². The van der Waals surface area contributed by atoms with Gasteiger partial charge >= 0.3 is 17.9 Å². The minimum absolute atomic E-state index is 0.109. The first-order valence-corrected chi connectivity index (χ1v) is 32.0. The van der Waals surface area contributed by atoms with Crippen LogP contribution in [0.2, 0.25) is 0 Å². The van der Waals surface area contributed by atoms with Crippen LogP contribution in [0.15, 0.2) is 122 Å². The van der Waals surface area contributed by atoms with Gasteiger partial charge in [0.05, 0.1) is 0 Å². The van der Waals surface area contributed by atoms with Crippen LogP contribution in [0.4, 0.5) is 0 Å². The van der Waals surface area contributed by atoms with Gasteiger partial charge in [0.2, 0.25) is 0 Å². The standard InChI is InChI=1S/C71H118O6/c1-4-7-10-13-16-19-22-25-27-29-31-33-34-35-36-38-39-41-43-46-49-52-55-58-61-64-70(73)76-67-68(66-75-69(72)63-60-57-54-51-48-45-24-21-18-15-12-9-6-3)77-71(74)65-62-59-56-53-50-47-44-42-40-37-32-30-28-26-23-20-17-14-11-8-5-2/h7,9-10,12,16,18-19,21,25,27,31,33,35-36,39,41,45,48,54,57,68H,4-6,8,11,13-15,17,20,22-24,26,28-30,32,34,37-38,40,42-44,46-47,49-53,55-56,58-67H2,1-3H3/b10-7-,12-9-,19-16-,21-18-,27-25-,33-31-,36-35-,41-39-,48-45-,57-54-. The highest BCUT2D eigenvalue weighted by atomic mass is 16.6. The molecule has 0 aliphatic heterocycles. The highest BCUT2D eigenvalue weighted by Crippen LogP contribution is 2.16. The van der Waals surface area contributed by atoms with Gasteiger partial charge in [0.1, 0.15) is 13.2 Å². The van der Waals surface area contributed by atoms with E-state index in [9.17, 15) is 14.4 Å². The molecule has 0 amide bonds. The molecule has 1 unspecified atom stereocenters. The van der Waals surface area contributed by atoms with Crippen LogP contribution in [0.5, 0.6) is 0 Å². The summed E-state index contributed by atoms with van der Waals surface area (Å²) in [4.78, 5) is 38.3. The zero-order valence-electron chi connectivity index (χ0n) is 50.2. The van der Waals surface area contributed by atoms with E-state index in [4.69, 9.17) is 14.2 Å². The molecule has 0 rings (SSSR count). The fourth-order valence-corrected chi connectivity index (χ4v) is 8.76. The number of carbonyl (C=O) groups is 3. The van der Waals surface area contributed by atoms with Crippen LogP contribution in [0.25, 0.3) is 0 Å². The van der Waals surface area contributed by atoms with E-state index in [0.29, 0.717) is 19.3 Å². The van der Waals surface area contributed by atoms with Gasteiger partial charge in [0.15, 0.2) is 6.10 Å². The number of hydrogen-bond acceptors (Lipinski definition) is 6. The van der Waals surface area contributed by atoms with E-state index in [1.165, 1.54) is 128 Å². The minimum atomic E-state index is -0.816. The summed E-state index contributed by atoms with van der Waals surface area (Å²) in [5, 5.41) is 0. The van der Waals surface area contributed by atoms with Crippen LogP contribution in [-0.4, -0.2) is 37.2 Å². The van der Waals surface area contributed by atoms with Gasteiger partial charge < -0.3 is 14.2 Å². The molecule has 0 bridgehead atoms. The van der Waals surface area contributed by atoms with Gasteiger partial charge in [-0.1, -0.05) is 296 Å². The first-order chi connectivity index (χ1) is 38.0. The predicted molar refractivity (Wildman–Crippen MR) is 334 cm³/mol. The third-order valence-electron chi connectivity index (χ3n) is 13.5. The summed E-state index contributed by atoms with van der Waals surface area (Å²) in [5.74, 6) is -0.999. The van der Waals surface area contributed by atoms with Crippen LogP contribution in [0, 0.1) is 0 Å². The molecule has 77 heavy (non-hydrogen) atoms. The average molecular weight is 1070 g/mol. The molecular formula is C71H118O6. The van der Waals surface area contributed by atoms with Gasteiger partial charge in [0.25, 0.3) is 0 Å². The number of allylic oxidation sites excluding steroid dienone is 20. The molecule has 0 aliphatic carbocycles. The second-order valence-corrected chi connectivity index (χ2v) is 20.9. The van der Waals surface area contributed by atoms with Crippen molar-refractivity contribution in [2.75, 3.05) is 13.2 Å². The largest absolute Gasteiger partial charge is 0.462 e. The summed E-state index contributed by atoms with van der Waals surface area (Å²) in [5.41, 5.74) is 0. The van der Waals surface area contributed by atoms with E-state index in [2.05, 4.69) is 136 Å². The van der Waals surface area contributed by atoms with Crippen molar-refractivity contribution >= 4 is 17.9 Å². The molecule has 0 N–H and O–H groups in total. The third-order valence-corrected chi connectivity index (χ3v) is 13.5. The van der Waals surface area contributed by atoms with Crippen LogP contribution < -0.4 is 0 Å².